The van der Waals surface area contributed by atoms with Gasteiger partial charge in [-0.25, -0.2) is 9.82 Å². The number of benzene rings is 1. The first-order chi connectivity index (χ1) is 6.56. The molecule has 76 valence electrons. The molecule has 1 unspecified atom stereocenters. The highest BCUT2D eigenvalue weighted by Gasteiger charge is 2.10. The number of nitrogens with two attached hydrogens (primary N) is 1. The summed E-state index contributed by atoms with van der Waals surface area (Å²) in [5, 5.41) is 0. The van der Waals surface area contributed by atoms with Crippen LogP contribution in [0.5, 0.6) is 0 Å². The zero-order valence-electron chi connectivity index (χ0n) is 8.47. The number of rotatable bonds is 3. The SMILES string of the molecule is C=C(C)C(NN)c1ccc(F)c(C)c1. The Kier molecular flexibility index (Phi) is 3.38. The van der Waals surface area contributed by atoms with Crippen LogP contribution in [0.15, 0.2) is 30.4 Å². The van der Waals surface area contributed by atoms with Gasteiger partial charge in [0.05, 0.1) is 6.04 Å². The molecule has 3 heteroatoms. The highest BCUT2D eigenvalue weighted by Crippen LogP contribution is 2.21. The summed E-state index contributed by atoms with van der Waals surface area (Å²) >= 11 is 0. The van der Waals surface area contributed by atoms with Crippen LogP contribution in [0, 0.1) is 12.7 Å². The second-order valence-electron chi connectivity index (χ2n) is 3.45. The third kappa shape index (κ3) is 2.19. The van der Waals surface area contributed by atoms with Crippen LogP contribution in [0.4, 0.5) is 4.39 Å². The first-order valence-corrected chi connectivity index (χ1v) is 4.44. The van der Waals surface area contributed by atoms with Gasteiger partial charge in [0.2, 0.25) is 0 Å². The van der Waals surface area contributed by atoms with Crippen molar-refractivity contribution in [3.05, 3.63) is 47.3 Å². The second-order valence-corrected chi connectivity index (χ2v) is 3.45. The first-order valence-electron chi connectivity index (χ1n) is 4.44. The Bertz CT molecular complexity index is 347. The van der Waals surface area contributed by atoms with Gasteiger partial charge in [0, 0.05) is 0 Å². The third-order valence-corrected chi connectivity index (χ3v) is 2.17. The molecule has 14 heavy (non-hydrogen) atoms. The lowest BCUT2D eigenvalue weighted by atomic mass is 10.00. The van der Waals surface area contributed by atoms with Crippen LogP contribution in [0.2, 0.25) is 0 Å². The molecular weight excluding hydrogens is 179 g/mol. The van der Waals surface area contributed by atoms with Crippen LogP contribution < -0.4 is 11.3 Å². The molecule has 2 nitrogen and oxygen atoms in total. The molecule has 0 aromatic heterocycles. The lowest BCUT2D eigenvalue weighted by molar-refractivity contribution is 0.604. The molecule has 0 saturated heterocycles. The van der Waals surface area contributed by atoms with E-state index >= 15 is 0 Å². The number of hydrazine groups is 1. The summed E-state index contributed by atoms with van der Waals surface area (Å²) in [4.78, 5) is 0. The van der Waals surface area contributed by atoms with E-state index in [9.17, 15) is 4.39 Å². The fraction of sp³-hybridized carbons (Fsp3) is 0.273. The summed E-state index contributed by atoms with van der Waals surface area (Å²) in [5.74, 6) is 5.19. The molecule has 0 aliphatic carbocycles. The Morgan fingerprint density at radius 1 is 1.57 bits per heavy atom. The topological polar surface area (TPSA) is 38.0 Å². The predicted molar refractivity (Wildman–Crippen MR) is 56.0 cm³/mol. The van der Waals surface area contributed by atoms with E-state index in [1.807, 2.05) is 6.92 Å². The van der Waals surface area contributed by atoms with Gasteiger partial charge in [0.25, 0.3) is 0 Å². The molecule has 0 fully saturated rings. The molecule has 0 bridgehead atoms. The minimum atomic E-state index is -0.203. The largest absolute Gasteiger partial charge is 0.271 e. The van der Waals surface area contributed by atoms with Gasteiger partial charge in [0.1, 0.15) is 5.82 Å². The van der Waals surface area contributed by atoms with Crippen molar-refractivity contribution >= 4 is 0 Å². The number of nitrogens with one attached hydrogen (secondary N) is 1. The van der Waals surface area contributed by atoms with Crippen LogP contribution in [0.3, 0.4) is 0 Å². The van der Waals surface area contributed by atoms with E-state index in [1.165, 1.54) is 6.07 Å². The van der Waals surface area contributed by atoms with Gasteiger partial charge in [-0.15, -0.1) is 0 Å². The summed E-state index contributed by atoms with van der Waals surface area (Å²) in [6, 6.07) is 4.81. The van der Waals surface area contributed by atoms with E-state index in [2.05, 4.69) is 12.0 Å². The van der Waals surface area contributed by atoms with Crippen molar-refractivity contribution < 1.29 is 4.39 Å². The van der Waals surface area contributed by atoms with Crippen molar-refractivity contribution in [3.8, 4) is 0 Å². The molecule has 1 aromatic rings. The second kappa shape index (κ2) is 4.35. The highest BCUT2D eigenvalue weighted by molar-refractivity contribution is 5.30. The highest BCUT2D eigenvalue weighted by atomic mass is 19.1. The van der Waals surface area contributed by atoms with E-state index in [0.29, 0.717) is 5.56 Å². The molecule has 1 rings (SSSR count). The fourth-order valence-corrected chi connectivity index (χ4v) is 1.37. The molecule has 0 spiro atoms. The molecule has 0 amide bonds. The van der Waals surface area contributed by atoms with Gasteiger partial charge in [0.15, 0.2) is 0 Å². The van der Waals surface area contributed by atoms with Crippen LogP contribution in [-0.2, 0) is 0 Å². The Hall–Kier alpha value is -1.19. The summed E-state index contributed by atoms with van der Waals surface area (Å²) in [6.07, 6.45) is 0. The fourth-order valence-electron chi connectivity index (χ4n) is 1.37. The average Bonchev–Trinajstić information content (AvgIpc) is 2.11. The van der Waals surface area contributed by atoms with E-state index < -0.39 is 0 Å². The van der Waals surface area contributed by atoms with Crippen molar-refractivity contribution in [2.75, 3.05) is 0 Å². The van der Waals surface area contributed by atoms with Crippen LogP contribution >= 0.6 is 0 Å². The average molecular weight is 194 g/mol. The van der Waals surface area contributed by atoms with Gasteiger partial charge >= 0.3 is 0 Å². The predicted octanol–water partition coefficient (Wildman–Crippen LogP) is 2.21. The van der Waals surface area contributed by atoms with E-state index in [-0.39, 0.29) is 11.9 Å². The first kappa shape index (κ1) is 10.9. The van der Waals surface area contributed by atoms with Crippen molar-refractivity contribution in [2.24, 2.45) is 5.84 Å². The van der Waals surface area contributed by atoms with Gasteiger partial charge in [-0.1, -0.05) is 24.3 Å². The molecule has 1 aromatic carbocycles. The van der Waals surface area contributed by atoms with Crippen LogP contribution in [-0.4, -0.2) is 0 Å². The van der Waals surface area contributed by atoms with E-state index in [4.69, 9.17) is 5.84 Å². The van der Waals surface area contributed by atoms with Crippen molar-refractivity contribution in [2.45, 2.75) is 19.9 Å². The van der Waals surface area contributed by atoms with Crippen molar-refractivity contribution in [3.63, 3.8) is 0 Å². The maximum Gasteiger partial charge on any atom is 0.126 e. The monoisotopic (exact) mass is 194 g/mol. The molecule has 0 heterocycles. The molecule has 1 atom stereocenters. The normalized spacial score (nSPS) is 12.6. The Morgan fingerprint density at radius 3 is 2.64 bits per heavy atom. The third-order valence-electron chi connectivity index (χ3n) is 2.17. The summed E-state index contributed by atoms with van der Waals surface area (Å²) < 4.78 is 13.0. The Balaban J connectivity index is 3.06. The number of hydrogen-bond acceptors (Lipinski definition) is 2. The van der Waals surface area contributed by atoms with E-state index in [0.717, 1.165) is 11.1 Å². The molecule has 0 aliphatic rings. The number of aryl methyl sites for hydroxylation is 1. The zero-order chi connectivity index (χ0) is 10.7. The van der Waals surface area contributed by atoms with Gasteiger partial charge in [-0.2, -0.15) is 0 Å². The lowest BCUT2D eigenvalue weighted by Crippen LogP contribution is -2.28. The van der Waals surface area contributed by atoms with E-state index in [1.54, 1.807) is 19.1 Å². The molecular formula is C11H15FN2. The summed E-state index contributed by atoms with van der Waals surface area (Å²) in [6.45, 7) is 7.42. The summed E-state index contributed by atoms with van der Waals surface area (Å²) in [7, 11) is 0. The maximum atomic E-state index is 13.0. The van der Waals surface area contributed by atoms with Crippen LogP contribution in [0.1, 0.15) is 24.1 Å². The van der Waals surface area contributed by atoms with Crippen LogP contribution in [0.25, 0.3) is 0 Å². The Morgan fingerprint density at radius 2 is 2.21 bits per heavy atom. The molecule has 0 aliphatic heterocycles. The van der Waals surface area contributed by atoms with Gasteiger partial charge in [-0.05, 0) is 31.0 Å². The minimum absolute atomic E-state index is 0.116. The minimum Gasteiger partial charge on any atom is -0.271 e. The number of hydrogen-bond donors (Lipinski definition) is 2. The standard InChI is InChI=1S/C11H15FN2/c1-7(2)11(14-13)9-4-5-10(12)8(3)6-9/h4-6,11,14H,1,13H2,2-3H3. The molecule has 0 saturated carbocycles. The van der Waals surface area contributed by atoms with Gasteiger partial charge in [-0.3, -0.25) is 5.84 Å². The quantitative estimate of drug-likeness (QED) is 0.440. The smallest absolute Gasteiger partial charge is 0.126 e. The molecule has 3 N–H and O–H groups in total. The zero-order valence-corrected chi connectivity index (χ0v) is 8.47. The number of halogens is 1. The van der Waals surface area contributed by atoms with Crippen molar-refractivity contribution in [1.82, 2.24) is 5.43 Å². The maximum absolute atomic E-state index is 13.0. The summed E-state index contributed by atoms with van der Waals surface area (Å²) in [5.41, 5.74) is 5.09. The Labute approximate surface area is 83.6 Å². The lowest BCUT2D eigenvalue weighted by Gasteiger charge is -2.16. The van der Waals surface area contributed by atoms with Gasteiger partial charge < -0.3 is 0 Å². The molecule has 0 radical (unpaired) electrons. The van der Waals surface area contributed by atoms with Crippen molar-refractivity contribution in [1.29, 1.82) is 0 Å².